The van der Waals surface area contributed by atoms with Crippen molar-refractivity contribution in [1.29, 1.82) is 0 Å². The van der Waals surface area contributed by atoms with Crippen molar-refractivity contribution in [2.45, 2.75) is 19.4 Å². The summed E-state index contributed by atoms with van der Waals surface area (Å²) in [6, 6.07) is 14.0. The van der Waals surface area contributed by atoms with Crippen molar-refractivity contribution >= 4 is 23.4 Å². The Kier molecular flexibility index (Phi) is 7.99. The molecular formula is C25H27ClN4O5. The number of nitrogens with zero attached hydrogens (tertiary/aromatic N) is 4. The SMILES string of the molecule is C[C@H](Oc1cccc(Cl)c1)C(=O)N(C)CCc1noc(-c2ccc(C(=O)N3CCOCC3)cc2)n1. The summed E-state index contributed by atoms with van der Waals surface area (Å²) in [5.41, 5.74) is 1.32. The van der Waals surface area contributed by atoms with Crippen LogP contribution in [0.2, 0.25) is 5.02 Å². The van der Waals surface area contributed by atoms with E-state index in [-0.39, 0.29) is 11.8 Å². The van der Waals surface area contributed by atoms with Crippen LogP contribution in [0.3, 0.4) is 0 Å². The number of likely N-dealkylation sites (N-methyl/N-ethyl adjacent to an activating group) is 1. The third-order valence-corrected chi connectivity index (χ3v) is 5.88. The molecule has 1 atom stereocenters. The largest absolute Gasteiger partial charge is 0.481 e. The first-order valence-corrected chi connectivity index (χ1v) is 11.8. The van der Waals surface area contributed by atoms with Crippen LogP contribution in [0.25, 0.3) is 11.5 Å². The molecule has 2 heterocycles. The van der Waals surface area contributed by atoms with Crippen molar-refractivity contribution in [1.82, 2.24) is 19.9 Å². The van der Waals surface area contributed by atoms with Gasteiger partial charge in [0, 0.05) is 49.3 Å². The van der Waals surface area contributed by atoms with E-state index in [4.69, 9.17) is 25.6 Å². The number of carbonyl (C=O) groups is 2. The summed E-state index contributed by atoms with van der Waals surface area (Å²) in [6.07, 6.45) is -0.249. The van der Waals surface area contributed by atoms with Gasteiger partial charge in [0.05, 0.1) is 13.2 Å². The fourth-order valence-corrected chi connectivity index (χ4v) is 3.84. The van der Waals surface area contributed by atoms with E-state index in [1.54, 1.807) is 72.3 Å². The molecule has 35 heavy (non-hydrogen) atoms. The van der Waals surface area contributed by atoms with E-state index in [9.17, 15) is 9.59 Å². The molecule has 1 aliphatic heterocycles. The maximum absolute atomic E-state index is 12.6. The Labute approximate surface area is 208 Å². The number of morpholine rings is 1. The van der Waals surface area contributed by atoms with E-state index >= 15 is 0 Å². The zero-order valence-corrected chi connectivity index (χ0v) is 20.4. The number of amides is 2. The molecule has 0 bridgehead atoms. The first kappa shape index (κ1) is 24.7. The van der Waals surface area contributed by atoms with Crippen LogP contribution in [0.15, 0.2) is 53.1 Å². The van der Waals surface area contributed by atoms with E-state index in [0.717, 1.165) is 5.56 Å². The standard InChI is InChI=1S/C25H27ClN4O5/c1-17(34-21-5-3-4-20(26)16-21)24(31)29(2)11-10-22-27-23(35-28-22)18-6-8-19(9-7-18)25(32)30-12-14-33-15-13-30/h3-9,16-17H,10-15H2,1-2H3/t17-/m0/s1. The molecular weight excluding hydrogens is 472 g/mol. The summed E-state index contributed by atoms with van der Waals surface area (Å²) in [4.78, 5) is 33.0. The molecule has 1 aromatic heterocycles. The van der Waals surface area contributed by atoms with Crippen molar-refractivity contribution in [2.75, 3.05) is 39.9 Å². The molecule has 0 N–H and O–H groups in total. The minimum Gasteiger partial charge on any atom is -0.481 e. The molecule has 1 saturated heterocycles. The normalized spacial score (nSPS) is 14.4. The molecule has 0 radical (unpaired) electrons. The second kappa shape index (κ2) is 11.3. The molecule has 9 nitrogen and oxygen atoms in total. The van der Waals surface area contributed by atoms with E-state index in [1.807, 2.05) is 0 Å². The molecule has 1 fully saturated rings. The number of aromatic nitrogens is 2. The van der Waals surface area contributed by atoms with Gasteiger partial charge in [-0.15, -0.1) is 0 Å². The summed E-state index contributed by atoms with van der Waals surface area (Å²) < 4.78 is 16.4. The predicted molar refractivity (Wildman–Crippen MR) is 129 cm³/mol. The van der Waals surface area contributed by atoms with Crippen LogP contribution in [0.1, 0.15) is 23.1 Å². The topological polar surface area (TPSA) is 98.0 Å². The average Bonchev–Trinajstić information content (AvgIpc) is 3.36. The van der Waals surface area contributed by atoms with E-state index in [0.29, 0.717) is 67.3 Å². The van der Waals surface area contributed by atoms with Crippen LogP contribution < -0.4 is 4.74 Å². The van der Waals surface area contributed by atoms with Gasteiger partial charge in [-0.05, 0) is 49.4 Å². The minimum atomic E-state index is -0.669. The minimum absolute atomic E-state index is 0.0210. The van der Waals surface area contributed by atoms with E-state index < -0.39 is 6.10 Å². The van der Waals surface area contributed by atoms with Crippen LogP contribution in [-0.2, 0) is 16.0 Å². The Bertz CT molecular complexity index is 1160. The Morgan fingerprint density at radius 3 is 2.63 bits per heavy atom. The highest BCUT2D eigenvalue weighted by molar-refractivity contribution is 6.30. The molecule has 184 valence electrons. The quantitative estimate of drug-likeness (QED) is 0.469. The summed E-state index contributed by atoms with van der Waals surface area (Å²) in [5, 5.41) is 4.56. The Hall–Kier alpha value is -3.43. The summed E-state index contributed by atoms with van der Waals surface area (Å²) in [5.74, 6) is 1.18. The summed E-state index contributed by atoms with van der Waals surface area (Å²) in [6.45, 7) is 4.40. The maximum Gasteiger partial charge on any atom is 0.263 e. The smallest absolute Gasteiger partial charge is 0.263 e. The molecule has 10 heteroatoms. The van der Waals surface area contributed by atoms with Crippen molar-refractivity contribution in [3.63, 3.8) is 0 Å². The molecule has 3 aromatic rings. The lowest BCUT2D eigenvalue weighted by atomic mass is 10.1. The zero-order valence-electron chi connectivity index (χ0n) is 19.6. The summed E-state index contributed by atoms with van der Waals surface area (Å²) in [7, 11) is 1.70. The monoisotopic (exact) mass is 498 g/mol. The third kappa shape index (κ3) is 6.37. The van der Waals surface area contributed by atoms with Crippen LogP contribution >= 0.6 is 11.6 Å². The van der Waals surface area contributed by atoms with Gasteiger partial charge in [0.25, 0.3) is 17.7 Å². The fraction of sp³-hybridized carbons (Fsp3) is 0.360. The van der Waals surface area contributed by atoms with Crippen molar-refractivity contribution in [3.05, 3.63) is 64.9 Å². The number of benzene rings is 2. The second-order valence-corrected chi connectivity index (χ2v) is 8.66. The van der Waals surface area contributed by atoms with Gasteiger partial charge in [0.15, 0.2) is 11.9 Å². The predicted octanol–water partition coefficient (Wildman–Crippen LogP) is 3.33. The van der Waals surface area contributed by atoms with Gasteiger partial charge in [0.2, 0.25) is 0 Å². The fourth-order valence-electron chi connectivity index (χ4n) is 3.66. The maximum atomic E-state index is 12.6. The van der Waals surface area contributed by atoms with Gasteiger partial charge in [0.1, 0.15) is 5.75 Å². The lowest BCUT2D eigenvalue weighted by Crippen LogP contribution is -2.40. The lowest BCUT2D eigenvalue weighted by Gasteiger charge is -2.26. The zero-order chi connectivity index (χ0) is 24.8. The number of rotatable bonds is 8. The van der Waals surface area contributed by atoms with Gasteiger partial charge in [-0.2, -0.15) is 4.98 Å². The van der Waals surface area contributed by atoms with E-state index in [1.165, 1.54) is 0 Å². The first-order valence-electron chi connectivity index (χ1n) is 11.4. The Morgan fingerprint density at radius 2 is 1.91 bits per heavy atom. The second-order valence-electron chi connectivity index (χ2n) is 8.22. The molecule has 2 aromatic carbocycles. The molecule has 2 amide bonds. The van der Waals surface area contributed by atoms with Crippen molar-refractivity contribution < 1.29 is 23.6 Å². The van der Waals surface area contributed by atoms with Crippen molar-refractivity contribution in [3.8, 4) is 17.2 Å². The summed E-state index contributed by atoms with van der Waals surface area (Å²) >= 11 is 5.97. The van der Waals surface area contributed by atoms with Gasteiger partial charge in [-0.3, -0.25) is 9.59 Å². The first-order chi connectivity index (χ1) is 16.9. The number of halogens is 1. The Morgan fingerprint density at radius 1 is 1.17 bits per heavy atom. The van der Waals surface area contributed by atoms with Crippen LogP contribution in [0.4, 0.5) is 0 Å². The number of carbonyl (C=O) groups excluding carboxylic acids is 2. The van der Waals surface area contributed by atoms with Gasteiger partial charge in [-0.1, -0.05) is 22.8 Å². The Balaban J connectivity index is 1.30. The third-order valence-electron chi connectivity index (χ3n) is 5.65. The molecule has 0 aliphatic carbocycles. The van der Waals surface area contributed by atoms with Crippen LogP contribution in [0, 0.1) is 0 Å². The molecule has 0 unspecified atom stereocenters. The highest BCUT2D eigenvalue weighted by Gasteiger charge is 2.21. The number of hydrogen-bond acceptors (Lipinski definition) is 7. The lowest BCUT2D eigenvalue weighted by molar-refractivity contribution is -0.136. The van der Waals surface area contributed by atoms with E-state index in [2.05, 4.69) is 10.1 Å². The highest BCUT2D eigenvalue weighted by atomic mass is 35.5. The van der Waals surface area contributed by atoms with Gasteiger partial charge >= 0.3 is 0 Å². The molecule has 1 aliphatic rings. The molecule has 0 saturated carbocycles. The van der Waals surface area contributed by atoms with Crippen LogP contribution in [0.5, 0.6) is 5.75 Å². The number of ether oxygens (including phenoxy) is 2. The molecule has 0 spiro atoms. The van der Waals surface area contributed by atoms with Crippen molar-refractivity contribution in [2.24, 2.45) is 0 Å². The highest BCUT2D eigenvalue weighted by Crippen LogP contribution is 2.20. The molecule has 4 rings (SSSR count). The van der Waals surface area contributed by atoms with Crippen LogP contribution in [-0.4, -0.2) is 77.8 Å². The van der Waals surface area contributed by atoms with Gasteiger partial charge < -0.3 is 23.8 Å². The number of hydrogen-bond donors (Lipinski definition) is 0. The average molecular weight is 499 g/mol. The van der Waals surface area contributed by atoms with Gasteiger partial charge in [-0.25, -0.2) is 0 Å².